The molecule has 28 heavy (non-hydrogen) atoms. The molecular formula is C23H26BrN3O. The normalized spacial score (nSPS) is 20.4. The van der Waals surface area contributed by atoms with Gasteiger partial charge in [-0.05, 0) is 91.0 Å². The zero-order valence-electron chi connectivity index (χ0n) is 16.6. The summed E-state index contributed by atoms with van der Waals surface area (Å²) >= 11 is 3.54. The number of aliphatic imine (C=N–C) groups is 1. The molecule has 2 aromatic rings. The molecule has 0 spiro atoms. The summed E-state index contributed by atoms with van der Waals surface area (Å²) in [5.74, 6) is 1.53. The second-order valence-corrected chi connectivity index (χ2v) is 8.92. The number of hydrogen-bond acceptors (Lipinski definition) is 3. The Morgan fingerprint density at radius 1 is 1.14 bits per heavy atom. The number of nitrogens with one attached hydrogen (secondary N) is 1. The quantitative estimate of drug-likeness (QED) is 0.669. The maximum atomic E-state index is 11.9. The average molecular weight is 440 g/mol. The Kier molecular flexibility index (Phi) is 5.15. The number of fused-ring (bicyclic) bond motifs is 1. The molecule has 0 amide bonds. The van der Waals surface area contributed by atoms with E-state index in [0.717, 1.165) is 53.9 Å². The number of piperidine rings is 1. The summed E-state index contributed by atoms with van der Waals surface area (Å²) in [7, 11) is 1.85. The van der Waals surface area contributed by atoms with Crippen molar-refractivity contribution < 1.29 is 4.79 Å². The van der Waals surface area contributed by atoms with Gasteiger partial charge < -0.3 is 5.32 Å². The van der Waals surface area contributed by atoms with Crippen molar-refractivity contribution in [2.24, 2.45) is 4.99 Å². The molecule has 0 aliphatic carbocycles. The van der Waals surface area contributed by atoms with Gasteiger partial charge in [0, 0.05) is 11.5 Å². The van der Waals surface area contributed by atoms with Gasteiger partial charge in [0.1, 0.15) is 5.84 Å². The fourth-order valence-corrected chi connectivity index (χ4v) is 5.31. The van der Waals surface area contributed by atoms with E-state index in [1.54, 1.807) is 0 Å². The minimum atomic E-state index is -0.228. The van der Waals surface area contributed by atoms with E-state index in [9.17, 15) is 4.79 Å². The van der Waals surface area contributed by atoms with E-state index < -0.39 is 0 Å². The van der Waals surface area contributed by atoms with Gasteiger partial charge in [0.05, 0.1) is 22.4 Å². The molecule has 0 unspecified atom stereocenters. The van der Waals surface area contributed by atoms with E-state index in [-0.39, 0.29) is 5.41 Å². The number of nitrogens with zero attached hydrogens (tertiary/aromatic N) is 2. The van der Waals surface area contributed by atoms with Crippen molar-refractivity contribution in [3.63, 3.8) is 0 Å². The molecule has 1 fully saturated rings. The predicted molar refractivity (Wildman–Crippen MR) is 119 cm³/mol. The smallest absolute Gasteiger partial charge is 0.153 e. The largest absolute Gasteiger partial charge is 0.317 e. The van der Waals surface area contributed by atoms with Crippen molar-refractivity contribution in [1.82, 2.24) is 5.32 Å². The highest BCUT2D eigenvalue weighted by Gasteiger charge is 2.45. The highest BCUT2D eigenvalue weighted by molar-refractivity contribution is 9.10. The molecule has 1 N–H and O–H groups in total. The SMILES string of the molecule is CN=C1N(c2cccc(Br)c2C=O)c2cccc(C3CCNCC3)c2C1(C)C. The zero-order chi connectivity index (χ0) is 19.9. The highest BCUT2D eigenvalue weighted by Crippen LogP contribution is 2.50. The first-order chi connectivity index (χ1) is 13.5. The summed E-state index contributed by atoms with van der Waals surface area (Å²) in [6.45, 7) is 6.62. The summed E-state index contributed by atoms with van der Waals surface area (Å²) in [6, 6.07) is 12.5. The van der Waals surface area contributed by atoms with Crippen molar-refractivity contribution in [1.29, 1.82) is 0 Å². The minimum Gasteiger partial charge on any atom is -0.317 e. The molecule has 0 bridgehead atoms. The lowest BCUT2D eigenvalue weighted by atomic mass is 9.77. The number of carbonyl (C=O) groups excluding carboxylic acids is 1. The number of aldehydes is 1. The van der Waals surface area contributed by atoms with Gasteiger partial charge in [0.2, 0.25) is 0 Å². The maximum absolute atomic E-state index is 11.9. The van der Waals surface area contributed by atoms with E-state index in [1.807, 2.05) is 25.2 Å². The zero-order valence-corrected chi connectivity index (χ0v) is 18.2. The number of amidine groups is 1. The summed E-state index contributed by atoms with van der Waals surface area (Å²) in [5, 5.41) is 3.47. The standard InChI is InChI=1S/C23H26BrN3O/c1-23(2)21-16(15-10-12-26-13-11-15)6-4-9-20(21)27(22(23)25-3)19-8-5-7-18(24)17(19)14-28/h4-9,14-15,26H,10-13H2,1-3H3. The summed E-state index contributed by atoms with van der Waals surface area (Å²) in [6.07, 6.45) is 3.23. The van der Waals surface area contributed by atoms with E-state index in [2.05, 4.69) is 58.2 Å². The van der Waals surface area contributed by atoms with Gasteiger partial charge in [0.15, 0.2) is 6.29 Å². The third-order valence-corrected chi connectivity index (χ3v) is 6.78. The minimum absolute atomic E-state index is 0.228. The number of anilines is 2. The van der Waals surface area contributed by atoms with Crippen LogP contribution in [0.4, 0.5) is 11.4 Å². The maximum Gasteiger partial charge on any atom is 0.153 e. The molecule has 146 valence electrons. The summed E-state index contributed by atoms with van der Waals surface area (Å²) in [5.41, 5.74) is 5.21. The molecule has 1 saturated heterocycles. The number of halogens is 1. The Bertz CT molecular complexity index is 945. The molecule has 2 aliphatic rings. The van der Waals surface area contributed by atoms with Crippen LogP contribution in [0, 0.1) is 0 Å². The molecule has 2 aromatic carbocycles. The van der Waals surface area contributed by atoms with Gasteiger partial charge in [-0.3, -0.25) is 14.7 Å². The molecule has 0 radical (unpaired) electrons. The van der Waals surface area contributed by atoms with E-state index >= 15 is 0 Å². The van der Waals surface area contributed by atoms with Crippen molar-refractivity contribution in [3.05, 3.63) is 57.6 Å². The van der Waals surface area contributed by atoms with Gasteiger partial charge >= 0.3 is 0 Å². The van der Waals surface area contributed by atoms with Crippen LogP contribution in [-0.2, 0) is 5.41 Å². The first-order valence-corrected chi connectivity index (χ1v) is 10.6. The monoisotopic (exact) mass is 439 g/mol. The fourth-order valence-electron chi connectivity index (χ4n) is 4.86. The van der Waals surface area contributed by atoms with Crippen molar-refractivity contribution in [3.8, 4) is 0 Å². The first-order valence-electron chi connectivity index (χ1n) is 9.86. The average Bonchev–Trinajstić information content (AvgIpc) is 2.95. The topological polar surface area (TPSA) is 44.7 Å². The number of benzene rings is 2. The molecular weight excluding hydrogens is 414 g/mol. The molecule has 2 aliphatic heterocycles. The van der Waals surface area contributed by atoms with Gasteiger partial charge in [0.25, 0.3) is 0 Å². The Hall–Kier alpha value is -1.98. The van der Waals surface area contributed by atoms with Crippen LogP contribution in [0.15, 0.2) is 45.9 Å². The lowest BCUT2D eigenvalue weighted by molar-refractivity contribution is 0.112. The van der Waals surface area contributed by atoms with Gasteiger partial charge in [-0.15, -0.1) is 0 Å². The molecule has 0 saturated carbocycles. The Morgan fingerprint density at radius 3 is 2.50 bits per heavy atom. The van der Waals surface area contributed by atoms with Crippen molar-refractivity contribution in [2.75, 3.05) is 25.0 Å². The van der Waals surface area contributed by atoms with Crippen LogP contribution in [0.5, 0.6) is 0 Å². The van der Waals surface area contributed by atoms with Crippen LogP contribution in [0.2, 0.25) is 0 Å². The van der Waals surface area contributed by atoms with Gasteiger partial charge in [-0.25, -0.2) is 0 Å². The van der Waals surface area contributed by atoms with E-state index in [0.29, 0.717) is 11.5 Å². The molecule has 2 heterocycles. The van der Waals surface area contributed by atoms with Gasteiger partial charge in [-0.2, -0.15) is 0 Å². The van der Waals surface area contributed by atoms with Crippen molar-refractivity contribution >= 4 is 39.4 Å². The van der Waals surface area contributed by atoms with Crippen molar-refractivity contribution in [2.45, 2.75) is 38.0 Å². The number of hydrogen-bond donors (Lipinski definition) is 1. The van der Waals surface area contributed by atoms with Crippen LogP contribution < -0.4 is 10.2 Å². The molecule has 5 heteroatoms. The third-order valence-electron chi connectivity index (χ3n) is 6.09. The van der Waals surface area contributed by atoms with Crippen LogP contribution >= 0.6 is 15.9 Å². The lowest BCUT2D eigenvalue weighted by Crippen LogP contribution is -2.35. The van der Waals surface area contributed by atoms with Crippen LogP contribution in [-0.4, -0.2) is 32.3 Å². The lowest BCUT2D eigenvalue weighted by Gasteiger charge is -2.29. The summed E-state index contributed by atoms with van der Waals surface area (Å²) < 4.78 is 0.802. The molecule has 0 atom stereocenters. The highest BCUT2D eigenvalue weighted by atomic mass is 79.9. The number of rotatable bonds is 3. The fraction of sp³-hybridized carbons (Fsp3) is 0.391. The van der Waals surface area contributed by atoms with Gasteiger partial charge in [-0.1, -0.05) is 18.2 Å². The molecule has 4 rings (SSSR count). The predicted octanol–water partition coefficient (Wildman–Crippen LogP) is 5.19. The molecule has 0 aromatic heterocycles. The third kappa shape index (κ3) is 2.92. The number of carbonyl (C=O) groups is 1. The molecule has 4 nitrogen and oxygen atoms in total. The first kappa shape index (κ1) is 19.3. The van der Waals surface area contributed by atoms with Crippen LogP contribution in [0.3, 0.4) is 0 Å². The second-order valence-electron chi connectivity index (χ2n) is 8.06. The second kappa shape index (κ2) is 7.45. The Balaban J connectivity index is 1.95. The van der Waals surface area contributed by atoms with E-state index in [4.69, 9.17) is 4.99 Å². The Labute approximate surface area is 175 Å². The van der Waals surface area contributed by atoms with Crippen LogP contribution in [0.25, 0.3) is 0 Å². The van der Waals surface area contributed by atoms with Crippen LogP contribution in [0.1, 0.15) is 54.1 Å². The summed E-state index contributed by atoms with van der Waals surface area (Å²) in [4.78, 5) is 18.8. The van der Waals surface area contributed by atoms with E-state index in [1.165, 1.54) is 11.1 Å². The Morgan fingerprint density at radius 2 is 1.82 bits per heavy atom.